The largest absolute Gasteiger partial charge is 0.416 e. The predicted octanol–water partition coefficient (Wildman–Crippen LogP) is 4.88. The number of hydrogen-bond acceptors (Lipinski definition) is 4. The number of carbonyl (C=O) groups is 1. The molecule has 0 atom stereocenters. The Morgan fingerprint density at radius 3 is 2.48 bits per heavy atom. The molecule has 0 bridgehead atoms. The van der Waals surface area contributed by atoms with E-state index in [9.17, 15) is 18.0 Å². The van der Waals surface area contributed by atoms with Crippen molar-refractivity contribution in [3.63, 3.8) is 0 Å². The third-order valence-electron chi connectivity index (χ3n) is 4.55. The molecule has 0 radical (unpaired) electrons. The van der Waals surface area contributed by atoms with E-state index in [-0.39, 0.29) is 11.4 Å². The number of amides is 1. The maximum atomic E-state index is 12.8. The van der Waals surface area contributed by atoms with Gasteiger partial charge in [-0.25, -0.2) is 9.97 Å². The Labute approximate surface area is 155 Å². The lowest BCUT2D eigenvalue weighted by atomic mass is 10.1. The molecule has 0 unspecified atom stereocenters. The van der Waals surface area contributed by atoms with Crippen LogP contribution < -0.4 is 10.6 Å². The van der Waals surface area contributed by atoms with Crippen LogP contribution in [0.4, 0.5) is 24.7 Å². The third-order valence-corrected chi connectivity index (χ3v) is 4.55. The number of hydrogen-bond donors (Lipinski definition) is 2. The Hall–Kier alpha value is -2.64. The van der Waals surface area contributed by atoms with Crippen LogP contribution >= 0.6 is 0 Å². The number of aromatic nitrogens is 2. The normalized spacial score (nSPS) is 15.8. The number of rotatable bonds is 4. The van der Waals surface area contributed by atoms with Crippen LogP contribution in [0.2, 0.25) is 0 Å². The highest BCUT2D eigenvalue weighted by molar-refractivity contribution is 6.03. The van der Waals surface area contributed by atoms with Crippen LogP contribution in [-0.4, -0.2) is 21.9 Å². The fourth-order valence-corrected chi connectivity index (χ4v) is 3.16. The Morgan fingerprint density at radius 2 is 1.78 bits per heavy atom. The van der Waals surface area contributed by atoms with Crippen LogP contribution in [0.3, 0.4) is 0 Å². The van der Waals surface area contributed by atoms with E-state index in [4.69, 9.17) is 0 Å². The third kappa shape index (κ3) is 5.42. The molecule has 1 fully saturated rings. The van der Waals surface area contributed by atoms with E-state index in [1.165, 1.54) is 37.4 Å². The van der Waals surface area contributed by atoms with Gasteiger partial charge in [-0.15, -0.1) is 0 Å². The fourth-order valence-electron chi connectivity index (χ4n) is 3.16. The molecule has 1 aliphatic rings. The first-order valence-electron chi connectivity index (χ1n) is 8.99. The van der Waals surface area contributed by atoms with Crippen LogP contribution in [0, 0.1) is 0 Å². The molecule has 2 aromatic rings. The van der Waals surface area contributed by atoms with Gasteiger partial charge in [0.05, 0.1) is 5.56 Å². The zero-order chi connectivity index (χ0) is 19.3. The van der Waals surface area contributed by atoms with Crippen LogP contribution in [0.25, 0.3) is 0 Å². The number of halogens is 3. The lowest BCUT2D eigenvalue weighted by molar-refractivity contribution is -0.137. The first kappa shape index (κ1) is 19.1. The molecule has 0 saturated heterocycles. The van der Waals surface area contributed by atoms with Crippen molar-refractivity contribution in [2.24, 2.45) is 0 Å². The number of nitrogens with zero attached hydrogens (tertiary/aromatic N) is 2. The summed E-state index contributed by atoms with van der Waals surface area (Å²) in [5.74, 6) is -0.0354. The molecule has 1 aromatic heterocycles. The van der Waals surface area contributed by atoms with Gasteiger partial charge in [0.15, 0.2) is 0 Å². The summed E-state index contributed by atoms with van der Waals surface area (Å²) in [5.41, 5.74) is -0.663. The summed E-state index contributed by atoms with van der Waals surface area (Å²) in [6.45, 7) is 0. The highest BCUT2D eigenvalue weighted by Gasteiger charge is 2.30. The van der Waals surface area contributed by atoms with Gasteiger partial charge in [0.1, 0.15) is 17.8 Å². The highest BCUT2D eigenvalue weighted by Crippen LogP contribution is 2.30. The van der Waals surface area contributed by atoms with Gasteiger partial charge in [-0.2, -0.15) is 13.2 Å². The molecule has 1 aliphatic carbocycles. The topological polar surface area (TPSA) is 66.9 Å². The van der Waals surface area contributed by atoms with Gasteiger partial charge in [-0.05, 0) is 31.0 Å². The van der Waals surface area contributed by atoms with Crippen LogP contribution in [0.5, 0.6) is 0 Å². The number of benzene rings is 1. The quantitative estimate of drug-likeness (QED) is 0.744. The summed E-state index contributed by atoms with van der Waals surface area (Å²) >= 11 is 0. The minimum absolute atomic E-state index is 0.0618. The highest BCUT2D eigenvalue weighted by atomic mass is 19.4. The van der Waals surface area contributed by atoms with Gasteiger partial charge in [0.2, 0.25) is 0 Å². The first-order chi connectivity index (χ1) is 12.9. The van der Waals surface area contributed by atoms with Gasteiger partial charge < -0.3 is 10.6 Å². The van der Waals surface area contributed by atoms with E-state index >= 15 is 0 Å². The van der Waals surface area contributed by atoms with Gasteiger partial charge in [-0.1, -0.05) is 31.7 Å². The summed E-state index contributed by atoms with van der Waals surface area (Å²) < 4.78 is 38.4. The summed E-state index contributed by atoms with van der Waals surface area (Å²) in [4.78, 5) is 20.4. The van der Waals surface area contributed by atoms with E-state index in [0.29, 0.717) is 11.9 Å². The molecule has 144 valence electrons. The molecule has 1 amide bonds. The van der Waals surface area contributed by atoms with Crippen LogP contribution in [0.15, 0.2) is 36.7 Å². The molecule has 3 rings (SSSR count). The summed E-state index contributed by atoms with van der Waals surface area (Å²) in [5, 5.41) is 5.78. The SMILES string of the molecule is O=C(Nc1cccc(C(F)(F)F)c1)c1cc(NC2CCCCCC2)ncn1. The van der Waals surface area contributed by atoms with Crippen molar-refractivity contribution < 1.29 is 18.0 Å². The van der Waals surface area contributed by atoms with Gasteiger partial charge in [-0.3, -0.25) is 4.79 Å². The predicted molar refractivity (Wildman–Crippen MR) is 96.5 cm³/mol. The minimum Gasteiger partial charge on any atom is -0.367 e. The molecular weight excluding hydrogens is 357 g/mol. The second-order valence-corrected chi connectivity index (χ2v) is 6.65. The van der Waals surface area contributed by atoms with Crippen LogP contribution in [0.1, 0.15) is 54.6 Å². The number of carbonyl (C=O) groups excluding carboxylic acids is 1. The molecule has 1 saturated carbocycles. The Bertz CT molecular complexity index is 787. The smallest absolute Gasteiger partial charge is 0.367 e. The van der Waals surface area contributed by atoms with E-state index < -0.39 is 17.6 Å². The zero-order valence-electron chi connectivity index (χ0n) is 14.7. The monoisotopic (exact) mass is 378 g/mol. The number of anilines is 2. The average Bonchev–Trinajstić information content (AvgIpc) is 2.90. The van der Waals surface area contributed by atoms with Gasteiger partial charge in [0.25, 0.3) is 5.91 Å². The number of alkyl halides is 3. The molecule has 1 aromatic carbocycles. The maximum absolute atomic E-state index is 12.8. The second-order valence-electron chi connectivity index (χ2n) is 6.65. The fraction of sp³-hybridized carbons (Fsp3) is 0.421. The standard InChI is InChI=1S/C19H21F3N4O/c20-19(21,22)13-6-5-9-15(10-13)26-18(27)16-11-17(24-12-23-16)25-14-7-3-1-2-4-8-14/h5-6,9-12,14H,1-4,7-8H2,(H,26,27)(H,23,24,25). The lowest BCUT2D eigenvalue weighted by Gasteiger charge is -2.17. The summed E-state index contributed by atoms with van der Waals surface area (Å²) in [7, 11) is 0. The zero-order valence-corrected chi connectivity index (χ0v) is 14.7. The van der Waals surface area contributed by atoms with E-state index in [1.54, 1.807) is 0 Å². The summed E-state index contributed by atoms with van der Waals surface area (Å²) in [6.07, 6.45) is 3.69. The number of nitrogens with one attached hydrogen (secondary N) is 2. The molecule has 5 nitrogen and oxygen atoms in total. The summed E-state index contributed by atoms with van der Waals surface area (Å²) in [6, 6.07) is 6.32. The van der Waals surface area contributed by atoms with Crippen molar-refractivity contribution in [3.05, 3.63) is 47.9 Å². The van der Waals surface area contributed by atoms with Crippen molar-refractivity contribution in [2.75, 3.05) is 10.6 Å². The van der Waals surface area contributed by atoms with Gasteiger partial charge >= 0.3 is 6.18 Å². The first-order valence-corrected chi connectivity index (χ1v) is 8.99. The van der Waals surface area contributed by atoms with Crippen molar-refractivity contribution in [2.45, 2.75) is 50.7 Å². The molecule has 27 heavy (non-hydrogen) atoms. The molecular formula is C19H21F3N4O. The van der Waals surface area contributed by atoms with Crippen molar-refractivity contribution in [1.29, 1.82) is 0 Å². The maximum Gasteiger partial charge on any atom is 0.416 e. The van der Waals surface area contributed by atoms with E-state index in [2.05, 4.69) is 20.6 Å². The van der Waals surface area contributed by atoms with Crippen LogP contribution in [-0.2, 0) is 6.18 Å². The molecule has 0 spiro atoms. The Balaban J connectivity index is 1.68. The molecule has 8 heteroatoms. The average molecular weight is 378 g/mol. The van der Waals surface area contributed by atoms with Crippen molar-refractivity contribution in [1.82, 2.24) is 9.97 Å². The van der Waals surface area contributed by atoms with Gasteiger partial charge in [0, 0.05) is 17.8 Å². The van der Waals surface area contributed by atoms with Crippen molar-refractivity contribution in [3.8, 4) is 0 Å². The Kier molecular flexibility index (Phi) is 5.93. The Morgan fingerprint density at radius 1 is 1.04 bits per heavy atom. The van der Waals surface area contributed by atoms with Crippen molar-refractivity contribution >= 4 is 17.4 Å². The minimum atomic E-state index is -4.47. The molecule has 2 N–H and O–H groups in total. The van der Waals surface area contributed by atoms with E-state index in [1.807, 2.05) is 0 Å². The molecule has 0 aliphatic heterocycles. The second kappa shape index (κ2) is 8.37. The lowest BCUT2D eigenvalue weighted by Crippen LogP contribution is -2.20. The van der Waals surface area contributed by atoms with E-state index in [0.717, 1.165) is 37.8 Å². The molecule has 1 heterocycles.